The van der Waals surface area contributed by atoms with Crippen LogP contribution in [0, 0.1) is 13.8 Å². The van der Waals surface area contributed by atoms with Gasteiger partial charge in [0.2, 0.25) is 5.95 Å². The molecular formula is C31H34N6O. The van der Waals surface area contributed by atoms with Crippen LogP contribution in [0.4, 0.5) is 17.3 Å². The number of nitrogens with zero attached hydrogens (tertiary/aromatic N) is 4. The summed E-state index contributed by atoms with van der Waals surface area (Å²) in [5.74, 6) is 0.370. The van der Waals surface area contributed by atoms with Gasteiger partial charge in [0, 0.05) is 61.4 Å². The third-order valence-corrected chi connectivity index (χ3v) is 6.96. The number of piperazine rings is 1. The van der Waals surface area contributed by atoms with Crippen molar-refractivity contribution in [2.24, 2.45) is 0 Å². The van der Waals surface area contributed by atoms with Gasteiger partial charge in [-0.3, -0.25) is 9.69 Å². The average molecular weight is 507 g/mol. The Hall–Kier alpha value is -4.07. The van der Waals surface area contributed by atoms with E-state index in [4.69, 9.17) is 0 Å². The number of hydrogen-bond acceptors (Lipinski definition) is 6. The molecule has 1 fully saturated rings. The van der Waals surface area contributed by atoms with Gasteiger partial charge in [-0.05, 0) is 62.4 Å². The van der Waals surface area contributed by atoms with Crippen LogP contribution in [0.25, 0.3) is 11.3 Å². The minimum Gasteiger partial charge on any atom is -0.324 e. The lowest BCUT2D eigenvalue weighted by atomic mass is 10.1. The highest BCUT2D eigenvalue weighted by molar-refractivity contribution is 6.04. The highest BCUT2D eigenvalue weighted by Gasteiger charge is 2.14. The number of benzene rings is 3. The van der Waals surface area contributed by atoms with Gasteiger partial charge in [-0.25, -0.2) is 9.97 Å². The molecule has 38 heavy (non-hydrogen) atoms. The maximum absolute atomic E-state index is 13.0. The molecule has 1 saturated heterocycles. The lowest BCUT2D eigenvalue weighted by Crippen LogP contribution is -2.43. The maximum atomic E-state index is 13.0. The van der Waals surface area contributed by atoms with Crippen LogP contribution in [0.3, 0.4) is 0 Å². The highest BCUT2D eigenvalue weighted by Crippen LogP contribution is 2.25. The first-order chi connectivity index (χ1) is 18.4. The number of amides is 1. The van der Waals surface area contributed by atoms with E-state index in [-0.39, 0.29) is 5.91 Å². The molecule has 0 atom stereocenters. The molecule has 0 aliphatic carbocycles. The SMILES string of the molecule is Cc1ccc(-c2ccnc(Nc3cc(NC(=O)c4ccc(CN5CCN(C)CC5)cc4)ccc3C)n2)cc1. The number of carbonyl (C=O) groups is 1. The quantitative estimate of drug-likeness (QED) is 0.345. The van der Waals surface area contributed by atoms with Crippen molar-refractivity contribution in [3.05, 3.63) is 101 Å². The highest BCUT2D eigenvalue weighted by atomic mass is 16.1. The summed E-state index contributed by atoms with van der Waals surface area (Å²) in [6.45, 7) is 9.33. The summed E-state index contributed by atoms with van der Waals surface area (Å²) in [5.41, 5.74) is 7.52. The molecule has 7 nitrogen and oxygen atoms in total. The number of rotatable bonds is 7. The minimum atomic E-state index is -0.136. The van der Waals surface area contributed by atoms with E-state index in [9.17, 15) is 4.79 Å². The molecule has 194 valence electrons. The summed E-state index contributed by atoms with van der Waals surface area (Å²) >= 11 is 0. The van der Waals surface area contributed by atoms with Gasteiger partial charge in [0.25, 0.3) is 5.91 Å². The van der Waals surface area contributed by atoms with Gasteiger partial charge in [-0.15, -0.1) is 0 Å². The molecule has 7 heteroatoms. The fourth-order valence-electron chi connectivity index (χ4n) is 4.49. The Kier molecular flexibility index (Phi) is 7.77. The molecule has 5 rings (SSSR count). The second-order valence-corrected chi connectivity index (χ2v) is 10.0. The molecule has 3 aromatic carbocycles. The topological polar surface area (TPSA) is 73.4 Å². The summed E-state index contributed by atoms with van der Waals surface area (Å²) in [6, 6.07) is 23.9. The predicted molar refractivity (Wildman–Crippen MR) is 154 cm³/mol. The number of hydrogen-bond donors (Lipinski definition) is 2. The van der Waals surface area contributed by atoms with Crippen molar-refractivity contribution in [2.45, 2.75) is 20.4 Å². The molecule has 2 heterocycles. The van der Waals surface area contributed by atoms with Crippen molar-refractivity contribution in [1.82, 2.24) is 19.8 Å². The fourth-order valence-corrected chi connectivity index (χ4v) is 4.49. The molecule has 1 aliphatic heterocycles. The first-order valence-corrected chi connectivity index (χ1v) is 13.0. The first kappa shape index (κ1) is 25.6. The van der Waals surface area contributed by atoms with Crippen molar-refractivity contribution in [1.29, 1.82) is 0 Å². The van der Waals surface area contributed by atoms with Gasteiger partial charge >= 0.3 is 0 Å². The Balaban J connectivity index is 1.24. The second-order valence-electron chi connectivity index (χ2n) is 10.0. The van der Waals surface area contributed by atoms with Crippen molar-refractivity contribution in [3.8, 4) is 11.3 Å². The van der Waals surface area contributed by atoms with Crippen LogP contribution in [-0.2, 0) is 6.54 Å². The van der Waals surface area contributed by atoms with Crippen LogP contribution in [0.5, 0.6) is 0 Å². The Labute approximate surface area is 224 Å². The smallest absolute Gasteiger partial charge is 0.255 e. The van der Waals surface area contributed by atoms with Crippen molar-refractivity contribution in [2.75, 3.05) is 43.9 Å². The van der Waals surface area contributed by atoms with E-state index in [0.29, 0.717) is 17.2 Å². The molecule has 0 bridgehead atoms. The molecule has 1 aliphatic rings. The van der Waals surface area contributed by atoms with Crippen LogP contribution < -0.4 is 10.6 Å². The van der Waals surface area contributed by atoms with E-state index in [1.807, 2.05) is 55.5 Å². The van der Waals surface area contributed by atoms with E-state index in [1.165, 1.54) is 11.1 Å². The van der Waals surface area contributed by atoms with Gasteiger partial charge in [0.1, 0.15) is 0 Å². The second kappa shape index (κ2) is 11.5. The molecule has 1 aromatic heterocycles. The normalized spacial score (nSPS) is 14.3. The van der Waals surface area contributed by atoms with E-state index in [0.717, 1.165) is 55.2 Å². The Morgan fingerprint density at radius 2 is 1.63 bits per heavy atom. The van der Waals surface area contributed by atoms with Crippen molar-refractivity contribution >= 4 is 23.2 Å². The van der Waals surface area contributed by atoms with E-state index < -0.39 is 0 Å². The lowest BCUT2D eigenvalue weighted by Gasteiger charge is -2.32. The molecule has 0 saturated carbocycles. The van der Waals surface area contributed by atoms with E-state index >= 15 is 0 Å². The number of anilines is 3. The Morgan fingerprint density at radius 1 is 0.895 bits per heavy atom. The molecular weight excluding hydrogens is 472 g/mol. The van der Waals surface area contributed by atoms with E-state index in [1.54, 1.807) is 6.20 Å². The molecule has 0 unspecified atom stereocenters. The molecule has 0 radical (unpaired) electrons. The van der Waals surface area contributed by atoms with Crippen LogP contribution in [0.1, 0.15) is 27.0 Å². The molecule has 4 aromatic rings. The number of carbonyl (C=O) groups excluding carboxylic acids is 1. The number of aryl methyl sites for hydroxylation is 2. The van der Waals surface area contributed by atoms with Crippen LogP contribution in [-0.4, -0.2) is 58.9 Å². The lowest BCUT2D eigenvalue weighted by molar-refractivity contribution is 0.102. The van der Waals surface area contributed by atoms with Gasteiger partial charge < -0.3 is 15.5 Å². The average Bonchev–Trinajstić information content (AvgIpc) is 2.93. The van der Waals surface area contributed by atoms with Crippen LogP contribution in [0.2, 0.25) is 0 Å². The Bertz CT molecular complexity index is 1390. The maximum Gasteiger partial charge on any atom is 0.255 e. The molecule has 0 spiro atoms. The number of aromatic nitrogens is 2. The van der Waals surface area contributed by atoms with Gasteiger partial charge in [0.15, 0.2) is 0 Å². The predicted octanol–water partition coefficient (Wildman–Crippen LogP) is 5.50. The minimum absolute atomic E-state index is 0.136. The van der Waals surface area contributed by atoms with E-state index in [2.05, 4.69) is 68.6 Å². The zero-order valence-corrected chi connectivity index (χ0v) is 22.2. The Morgan fingerprint density at radius 3 is 2.37 bits per heavy atom. The number of nitrogens with one attached hydrogen (secondary N) is 2. The fraction of sp³-hybridized carbons (Fsp3) is 0.258. The van der Waals surface area contributed by atoms with Crippen LogP contribution in [0.15, 0.2) is 79.0 Å². The molecule has 1 amide bonds. The number of likely N-dealkylation sites (N-methyl/N-ethyl adjacent to an activating group) is 1. The van der Waals surface area contributed by atoms with Gasteiger partial charge in [-0.2, -0.15) is 0 Å². The largest absolute Gasteiger partial charge is 0.324 e. The zero-order chi connectivity index (χ0) is 26.5. The summed E-state index contributed by atoms with van der Waals surface area (Å²) in [6.07, 6.45) is 1.75. The van der Waals surface area contributed by atoms with Crippen molar-refractivity contribution < 1.29 is 4.79 Å². The van der Waals surface area contributed by atoms with Gasteiger partial charge in [-0.1, -0.05) is 48.0 Å². The van der Waals surface area contributed by atoms with Crippen LogP contribution >= 0.6 is 0 Å². The summed E-state index contributed by atoms with van der Waals surface area (Å²) in [5, 5.41) is 6.34. The summed E-state index contributed by atoms with van der Waals surface area (Å²) < 4.78 is 0. The zero-order valence-electron chi connectivity index (χ0n) is 22.2. The van der Waals surface area contributed by atoms with Crippen molar-refractivity contribution in [3.63, 3.8) is 0 Å². The summed E-state index contributed by atoms with van der Waals surface area (Å²) in [7, 11) is 2.16. The summed E-state index contributed by atoms with van der Waals surface area (Å²) in [4.78, 5) is 26.8. The monoisotopic (exact) mass is 506 g/mol. The standard InChI is InChI=1S/C31H34N6O/c1-22-4-9-25(10-5-22)28-14-15-32-31(34-28)35-29-20-27(13-6-23(29)2)33-30(38)26-11-7-24(8-12-26)21-37-18-16-36(3)17-19-37/h4-15,20H,16-19,21H2,1-3H3,(H,33,38)(H,32,34,35). The van der Waals surface area contributed by atoms with Gasteiger partial charge in [0.05, 0.1) is 5.69 Å². The molecule has 2 N–H and O–H groups in total. The first-order valence-electron chi connectivity index (χ1n) is 13.0. The third-order valence-electron chi connectivity index (χ3n) is 6.96. The third kappa shape index (κ3) is 6.43.